The maximum absolute atomic E-state index is 5.99. The Morgan fingerprint density at radius 1 is 1.10 bits per heavy atom. The molecule has 2 N–H and O–H groups in total. The van der Waals surface area contributed by atoms with Crippen molar-refractivity contribution >= 4 is 0 Å². The second kappa shape index (κ2) is 7.50. The van der Waals surface area contributed by atoms with Gasteiger partial charge in [-0.15, -0.1) is 0 Å². The molecular weight excluding hydrogens is 254 g/mol. The first-order chi connectivity index (χ1) is 9.76. The van der Waals surface area contributed by atoms with Crippen molar-refractivity contribution < 1.29 is 14.2 Å². The highest BCUT2D eigenvalue weighted by atomic mass is 16.5. The quantitative estimate of drug-likeness (QED) is 0.833. The van der Waals surface area contributed by atoms with E-state index in [4.69, 9.17) is 19.9 Å². The third-order valence-corrected chi connectivity index (χ3v) is 3.89. The topological polar surface area (TPSA) is 53.7 Å². The second-order valence-electron chi connectivity index (χ2n) is 5.26. The maximum Gasteiger partial charge on any atom is 0.160 e. The minimum absolute atomic E-state index is 0.371. The third-order valence-electron chi connectivity index (χ3n) is 3.89. The summed E-state index contributed by atoms with van der Waals surface area (Å²) in [5, 5.41) is 0. The Morgan fingerprint density at radius 2 is 1.80 bits per heavy atom. The number of benzene rings is 1. The van der Waals surface area contributed by atoms with Crippen LogP contribution >= 0.6 is 0 Å². The summed E-state index contributed by atoms with van der Waals surface area (Å²) in [6.45, 7) is 0.715. The van der Waals surface area contributed by atoms with E-state index >= 15 is 0 Å². The molecule has 1 aromatic rings. The van der Waals surface area contributed by atoms with Crippen LogP contribution in [0.15, 0.2) is 18.2 Å². The average molecular weight is 279 g/mol. The van der Waals surface area contributed by atoms with Crippen molar-refractivity contribution in [3.05, 3.63) is 23.8 Å². The first kappa shape index (κ1) is 15.1. The highest BCUT2D eigenvalue weighted by Gasteiger charge is 2.24. The molecule has 0 aliphatic carbocycles. The van der Waals surface area contributed by atoms with Crippen LogP contribution in [-0.4, -0.2) is 33.0 Å². The smallest absolute Gasteiger partial charge is 0.160 e. The van der Waals surface area contributed by atoms with Gasteiger partial charge in [-0.1, -0.05) is 6.07 Å². The van der Waals surface area contributed by atoms with Crippen LogP contribution in [0.1, 0.15) is 31.2 Å². The predicted octanol–water partition coefficient (Wildman–Crippen LogP) is 2.53. The summed E-state index contributed by atoms with van der Waals surface area (Å²) < 4.78 is 16.6. The summed E-state index contributed by atoms with van der Waals surface area (Å²) in [5.74, 6) is 1.56. The monoisotopic (exact) mass is 279 g/mol. The van der Waals surface area contributed by atoms with Crippen LogP contribution in [0, 0.1) is 0 Å². The molecule has 1 aliphatic heterocycles. The second-order valence-corrected chi connectivity index (χ2v) is 5.26. The minimum atomic E-state index is 0.371. The van der Waals surface area contributed by atoms with Gasteiger partial charge in [0.1, 0.15) is 0 Å². The molecule has 2 unspecified atom stereocenters. The number of hydrogen-bond donors (Lipinski definition) is 1. The van der Waals surface area contributed by atoms with Crippen molar-refractivity contribution in [1.82, 2.24) is 0 Å². The molecule has 0 amide bonds. The zero-order valence-electron chi connectivity index (χ0n) is 12.4. The van der Waals surface area contributed by atoms with Gasteiger partial charge in [0, 0.05) is 0 Å². The van der Waals surface area contributed by atoms with Crippen LogP contribution in [0.25, 0.3) is 0 Å². The lowest BCUT2D eigenvalue weighted by Crippen LogP contribution is -2.15. The molecule has 0 bridgehead atoms. The lowest BCUT2D eigenvalue weighted by atomic mass is 10.0. The molecule has 1 fully saturated rings. The standard InChI is InChI=1S/C16H25NO3/c1-18-15-8-4-12(11-16(15)19-2)3-5-13-6-7-14(20-13)9-10-17/h4,8,11,13-14H,3,5-7,9-10,17H2,1-2H3. The summed E-state index contributed by atoms with van der Waals surface area (Å²) >= 11 is 0. The summed E-state index contributed by atoms with van der Waals surface area (Å²) in [7, 11) is 3.32. The van der Waals surface area contributed by atoms with Crippen LogP contribution in [0.4, 0.5) is 0 Å². The first-order valence-corrected chi connectivity index (χ1v) is 7.33. The lowest BCUT2D eigenvalue weighted by molar-refractivity contribution is 0.0378. The van der Waals surface area contributed by atoms with Gasteiger partial charge in [0.2, 0.25) is 0 Å². The average Bonchev–Trinajstić information content (AvgIpc) is 2.93. The Hall–Kier alpha value is -1.26. The number of rotatable bonds is 7. The molecule has 1 aromatic carbocycles. The van der Waals surface area contributed by atoms with Crippen molar-refractivity contribution in [3.63, 3.8) is 0 Å². The van der Waals surface area contributed by atoms with Crippen molar-refractivity contribution in [2.75, 3.05) is 20.8 Å². The van der Waals surface area contributed by atoms with Crippen LogP contribution in [-0.2, 0) is 11.2 Å². The van der Waals surface area contributed by atoms with Crippen LogP contribution in [0.3, 0.4) is 0 Å². The molecular formula is C16H25NO3. The Balaban J connectivity index is 1.85. The molecule has 1 heterocycles. The van der Waals surface area contributed by atoms with E-state index in [-0.39, 0.29) is 0 Å². The molecule has 2 rings (SSSR count). The predicted molar refractivity (Wildman–Crippen MR) is 79.4 cm³/mol. The summed E-state index contributed by atoms with van der Waals surface area (Å²) in [4.78, 5) is 0. The molecule has 1 saturated heterocycles. The summed E-state index contributed by atoms with van der Waals surface area (Å²) in [6.07, 6.45) is 6.07. The summed E-state index contributed by atoms with van der Waals surface area (Å²) in [6, 6.07) is 6.10. The van der Waals surface area contributed by atoms with Gasteiger partial charge in [0.05, 0.1) is 26.4 Å². The van der Waals surface area contributed by atoms with E-state index in [0.29, 0.717) is 18.8 Å². The SMILES string of the molecule is COc1ccc(CCC2CCC(CCN)O2)cc1OC. The molecule has 4 heteroatoms. The third kappa shape index (κ3) is 3.87. The van der Waals surface area contributed by atoms with Crippen LogP contribution in [0.5, 0.6) is 11.5 Å². The Kier molecular flexibility index (Phi) is 5.68. The molecule has 20 heavy (non-hydrogen) atoms. The maximum atomic E-state index is 5.99. The van der Waals surface area contributed by atoms with Gasteiger partial charge in [-0.05, 0) is 56.3 Å². The minimum Gasteiger partial charge on any atom is -0.493 e. The van der Waals surface area contributed by atoms with E-state index in [1.807, 2.05) is 12.1 Å². The van der Waals surface area contributed by atoms with Crippen LogP contribution < -0.4 is 15.2 Å². The number of aryl methyl sites for hydroxylation is 1. The Morgan fingerprint density at radius 3 is 2.45 bits per heavy atom. The molecule has 0 radical (unpaired) electrons. The molecule has 2 atom stereocenters. The van der Waals surface area contributed by atoms with Gasteiger partial charge in [-0.3, -0.25) is 0 Å². The fourth-order valence-corrected chi connectivity index (χ4v) is 2.75. The Bertz CT molecular complexity index is 422. The molecule has 0 aromatic heterocycles. The normalized spacial score (nSPS) is 21.9. The van der Waals surface area contributed by atoms with E-state index in [1.165, 1.54) is 5.56 Å². The van der Waals surface area contributed by atoms with Crippen LogP contribution in [0.2, 0.25) is 0 Å². The van der Waals surface area contributed by atoms with E-state index in [0.717, 1.165) is 43.6 Å². The van der Waals surface area contributed by atoms with Gasteiger partial charge in [-0.2, -0.15) is 0 Å². The van der Waals surface area contributed by atoms with E-state index < -0.39 is 0 Å². The highest BCUT2D eigenvalue weighted by molar-refractivity contribution is 5.42. The molecule has 0 spiro atoms. The highest BCUT2D eigenvalue weighted by Crippen LogP contribution is 2.29. The van der Waals surface area contributed by atoms with E-state index in [1.54, 1.807) is 14.2 Å². The van der Waals surface area contributed by atoms with Gasteiger partial charge in [-0.25, -0.2) is 0 Å². The fraction of sp³-hybridized carbons (Fsp3) is 0.625. The zero-order chi connectivity index (χ0) is 14.4. The van der Waals surface area contributed by atoms with Gasteiger partial charge >= 0.3 is 0 Å². The first-order valence-electron chi connectivity index (χ1n) is 7.33. The van der Waals surface area contributed by atoms with Crippen molar-refractivity contribution in [1.29, 1.82) is 0 Å². The van der Waals surface area contributed by atoms with E-state index in [9.17, 15) is 0 Å². The number of hydrogen-bond acceptors (Lipinski definition) is 4. The van der Waals surface area contributed by atoms with Crippen molar-refractivity contribution in [2.45, 2.75) is 44.3 Å². The van der Waals surface area contributed by atoms with Crippen molar-refractivity contribution in [3.8, 4) is 11.5 Å². The van der Waals surface area contributed by atoms with Gasteiger partial charge < -0.3 is 19.9 Å². The van der Waals surface area contributed by atoms with Gasteiger partial charge in [0.15, 0.2) is 11.5 Å². The zero-order valence-corrected chi connectivity index (χ0v) is 12.4. The van der Waals surface area contributed by atoms with Crippen molar-refractivity contribution in [2.24, 2.45) is 5.73 Å². The number of nitrogens with two attached hydrogens (primary N) is 1. The number of methoxy groups -OCH3 is 2. The molecule has 0 saturated carbocycles. The molecule has 112 valence electrons. The lowest BCUT2D eigenvalue weighted by Gasteiger charge is -2.14. The Labute approximate surface area is 121 Å². The van der Waals surface area contributed by atoms with E-state index in [2.05, 4.69) is 6.07 Å². The molecule has 1 aliphatic rings. The molecule has 4 nitrogen and oxygen atoms in total. The largest absolute Gasteiger partial charge is 0.493 e. The number of ether oxygens (including phenoxy) is 3. The summed E-state index contributed by atoms with van der Waals surface area (Å²) in [5.41, 5.74) is 6.83. The van der Waals surface area contributed by atoms with Gasteiger partial charge in [0.25, 0.3) is 0 Å². The fourth-order valence-electron chi connectivity index (χ4n) is 2.75.